The average molecular weight is 329 g/mol. The largest absolute Gasteiger partial charge is 0.457 e. The first-order valence-electron chi connectivity index (χ1n) is 2.01. The highest BCUT2D eigenvalue weighted by atomic mass is 127. The van der Waals surface area contributed by atoms with Crippen LogP contribution in [0.4, 0.5) is 22.0 Å². The lowest BCUT2D eigenvalue weighted by atomic mass is 10.4. The van der Waals surface area contributed by atoms with Gasteiger partial charge in [-0.1, -0.05) is 23.2 Å². The predicted molar refractivity (Wildman–Crippen MR) is 39.5 cm³/mol. The summed E-state index contributed by atoms with van der Waals surface area (Å²) in [7, 11) is 0. The third kappa shape index (κ3) is 2.45. The number of hydrogen-bond acceptors (Lipinski definition) is 0. The van der Waals surface area contributed by atoms with Gasteiger partial charge in [0.25, 0.3) is 0 Å². The Kier molecular flexibility index (Phi) is 3.29. The Bertz CT molecular complexity index is 131. The molecule has 11 heavy (non-hydrogen) atoms. The summed E-state index contributed by atoms with van der Waals surface area (Å²) in [4.78, 5) is 0. The fraction of sp³-hybridized carbons (Fsp3) is 1.00. The second kappa shape index (κ2) is 3.02. The first kappa shape index (κ1) is 12.0. The van der Waals surface area contributed by atoms with E-state index in [0.717, 1.165) is 0 Å². The Hall–Kier alpha value is 0.960. The number of alkyl halides is 8. The number of rotatable bonds is 1. The average Bonchev–Trinajstić information content (AvgIpc) is 1.58. The highest BCUT2D eigenvalue weighted by Crippen LogP contribution is 2.52. The van der Waals surface area contributed by atoms with Crippen molar-refractivity contribution < 1.29 is 22.0 Å². The van der Waals surface area contributed by atoms with E-state index in [9.17, 15) is 22.0 Å². The molecule has 0 aromatic carbocycles. The molecule has 0 saturated carbocycles. The van der Waals surface area contributed by atoms with Gasteiger partial charge in [0.2, 0.25) is 2.34 Å². The van der Waals surface area contributed by atoms with Gasteiger partial charge in [-0.2, -0.15) is 22.0 Å². The molecule has 0 unspecified atom stereocenters. The maximum Gasteiger partial charge on any atom is 0.457 e. The van der Waals surface area contributed by atoms with Crippen molar-refractivity contribution in [2.24, 2.45) is 0 Å². The van der Waals surface area contributed by atoms with Gasteiger partial charge in [0.1, 0.15) is 0 Å². The molecule has 0 aliphatic carbocycles. The van der Waals surface area contributed by atoms with Crippen molar-refractivity contribution in [2.75, 3.05) is 0 Å². The van der Waals surface area contributed by atoms with E-state index in [2.05, 4.69) is 23.2 Å². The van der Waals surface area contributed by atoms with Crippen LogP contribution < -0.4 is 0 Å². The molecule has 0 spiro atoms. The van der Waals surface area contributed by atoms with Gasteiger partial charge in [-0.3, -0.25) is 0 Å². The molecule has 0 aromatic rings. The van der Waals surface area contributed by atoms with Crippen molar-refractivity contribution >= 4 is 45.8 Å². The molecule has 68 valence electrons. The van der Waals surface area contributed by atoms with Gasteiger partial charge in [-0.15, -0.1) is 0 Å². The minimum atomic E-state index is -5.72. The van der Waals surface area contributed by atoms with Crippen LogP contribution in [0.1, 0.15) is 0 Å². The summed E-state index contributed by atoms with van der Waals surface area (Å²) in [6, 6.07) is 0. The second-order valence-electron chi connectivity index (χ2n) is 1.57. The van der Waals surface area contributed by atoms with Crippen molar-refractivity contribution in [1.82, 2.24) is 0 Å². The van der Waals surface area contributed by atoms with Gasteiger partial charge in [0, 0.05) is 0 Å². The molecule has 0 aromatic heterocycles. The van der Waals surface area contributed by atoms with Crippen LogP contribution in [0.3, 0.4) is 0 Å². The van der Waals surface area contributed by atoms with E-state index < -0.39 is 14.4 Å². The van der Waals surface area contributed by atoms with E-state index in [4.69, 9.17) is 0 Å². The van der Waals surface area contributed by atoms with E-state index in [1.165, 1.54) is 0 Å². The summed E-state index contributed by atoms with van der Waals surface area (Å²) in [5, 5.41) is 0. The van der Waals surface area contributed by atoms with Crippen LogP contribution in [0, 0.1) is 0 Å². The van der Waals surface area contributed by atoms with E-state index >= 15 is 0 Å². The molecule has 0 saturated heterocycles. The molecule has 0 bridgehead atoms. The Morgan fingerprint density at radius 3 is 1.18 bits per heavy atom. The Balaban J connectivity index is 4.75. The van der Waals surface area contributed by atoms with Crippen molar-refractivity contribution in [3.8, 4) is 0 Å². The van der Waals surface area contributed by atoms with E-state index in [1.807, 2.05) is 0 Å². The third-order valence-electron chi connectivity index (χ3n) is 0.712. The quantitative estimate of drug-likeness (QED) is 0.391. The summed E-state index contributed by atoms with van der Waals surface area (Å²) in [5.41, 5.74) is 0. The summed E-state index contributed by atoms with van der Waals surface area (Å²) in [6.45, 7) is 0. The predicted octanol–water partition coefficient (Wildman–Crippen LogP) is 3.75. The maximum atomic E-state index is 12.0. The lowest BCUT2D eigenvalue weighted by molar-refractivity contribution is -0.277. The zero-order valence-corrected chi connectivity index (χ0v) is 8.19. The molecule has 8 heteroatoms. The second-order valence-corrected chi connectivity index (χ2v) is 5.79. The summed E-state index contributed by atoms with van der Waals surface area (Å²) in [6.07, 6.45) is -5.72. The van der Waals surface area contributed by atoms with Crippen LogP contribution in [0.25, 0.3) is 0 Å². The molecule has 0 heterocycles. The van der Waals surface area contributed by atoms with Crippen LogP contribution in [-0.2, 0) is 0 Å². The molecule has 0 aliphatic rings. The molecular formula is C3Cl2F5I. The molecule has 0 amide bonds. The normalized spacial score (nSPS) is 15.3. The van der Waals surface area contributed by atoms with Gasteiger partial charge >= 0.3 is 12.1 Å². The molecular weight excluding hydrogens is 329 g/mol. The van der Waals surface area contributed by atoms with Crippen LogP contribution in [0.5, 0.6) is 0 Å². The minimum Gasteiger partial charge on any atom is -0.192 e. The molecule has 0 nitrogen and oxygen atoms in total. The first-order chi connectivity index (χ1) is 4.50. The van der Waals surface area contributed by atoms with Gasteiger partial charge < -0.3 is 0 Å². The van der Waals surface area contributed by atoms with E-state index in [-0.39, 0.29) is 0 Å². The highest BCUT2D eigenvalue weighted by molar-refractivity contribution is 14.1. The SMILES string of the molecule is FC(F)(F)C(F)(F)C(Cl)(Cl)I. The molecule has 0 aliphatic heterocycles. The van der Waals surface area contributed by atoms with E-state index in [0.29, 0.717) is 22.6 Å². The Labute approximate surface area is 82.2 Å². The van der Waals surface area contributed by atoms with Crippen molar-refractivity contribution in [3.05, 3.63) is 0 Å². The van der Waals surface area contributed by atoms with Gasteiger partial charge in [0.05, 0.1) is 0 Å². The zero-order chi connectivity index (χ0) is 9.50. The van der Waals surface area contributed by atoms with Crippen molar-refractivity contribution in [2.45, 2.75) is 14.4 Å². The summed E-state index contributed by atoms with van der Waals surface area (Å²) >= 11 is 9.79. The minimum absolute atomic E-state index is 0.605. The van der Waals surface area contributed by atoms with Gasteiger partial charge in [-0.05, 0) is 22.6 Å². The number of halogens is 8. The maximum absolute atomic E-state index is 12.0. The highest BCUT2D eigenvalue weighted by Gasteiger charge is 2.68. The van der Waals surface area contributed by atoms with Gasteiger partial charge in [0.15, 0.2) is 0 Å². The first-order valence-corrected chi connectivity index (χ1v) is 3.85. The zero-order valence-electron chi connectivity index (χ0n) is 4.52. The molecule has 0 fully saturated rings. The van der Waals surface area contributed by atoms with Crippen LogP contribution >= 0.6 is 45.8 Å². The van der Waals surface area contributed by atoms with Crippen LogP contribution in [0.15, 0.2) is 0 Å². The fourth-order valence-corrected chi connectivity index (χ4v) is 0.681. The molecule has 0 N–H and O–H groups in total. The Morgan fingerprint density at radius 2 is 1.18 bits per heavy atom. The van der Waals surface area contributed by atoms with Crippen LogP contribution in [-0.4, -0.2) is 14.4 Å². The Morgan fingerprint density at radius 1 is 0.909 bits per heavy atom. The van der Waals surface area contributed by atoms with Crippen LogP contribution in [0.2, 0.25) is 0 Å². The lowest BCUT2D eigenvalue weighted by Gasteiger charge is -2.25. The van der Waals surface area contributed by atoms with Crippen molar-refractivity contribution in [3.63, 3.8) is 0 Å². The standard InChI is InChI=1S/C3Cl2F5I/c4-2(5,11)1(6,7)3(8,9)10. The van der Waals surface area contributed by atoms with Gasteiger partial charge in [-0.25, -0.2) is 0 Å². The lowest BCUT2D eigenvalue weighted by Crippen LogP contribution is -2.47. The fourth-order valence-electron chi connectivity index (χ4n) is 0.161. The smallest absolute Gasteiger partial charge is 0.192 e. The molecule has 0 radical (unpaired) electrons. The monoisotopic (exact) mass is 328 g/mol. The number of hydrogen-bond donors (Lipinski definition) is 0. The molecule has 0 rings (SSSR count). The summed E-state index contributed by atoms with van der Waals surface area (Å²) < 4.78 is 55.1. The summed E-state index contributed by atoms with van der Waals surface area (Å²) in [5.74, 6) is -5.11. The molecule has 0 atom stereocenters. The third-order valence-corrected chi connectivity index (χ3v) is 1.86. The topological polar surface area (TPSA) is 0 Å². The van der Waals surface area contributed by atoms with E-state index in [1.54, 1.807) is 0 Å². The van der Waals surface area contributed by atoms with Crippen molar-refractivity contribution in [1.29, 1.82) is 0 Å².